The standard InChI is InChI=1S/2C15H19.C3H6.2ClH.Zr/c2*1-10(2)12-8-9-13(11(3)4)15-7-5-6-14(12)15;1-3-2;;;/h2*5-11H,1-4H3;1-3H2;2*1H;/q;;;;;+2/p-2. The molecule has 2 aliphatic carbocycles. The fraction of sp³-hybridized carbons (Fsp3) is 0.515. The van der Waals surface area contributed by atoms with Crippen LogP contribution in [0, 0.1) is 0 Å². The van der Waals surface area contributed by atoms with Gasteiger partial charge in [-0.25, -0.2) is 0 Å². The Balaban J connectivity index is 0.00000180. The second kappa shape index (κ2) is 11.2. The third-order valence-corrected chi connectivity index (χ3v) is 24.0. The summed E-state index contributed by atoms with van der Waals surface area (Å²) in [6, 6.07) is 9.86. The largest absolute Gasteiger partial charge is 1.00 e. The molecule has 2 aromatic rings. The second-order valence-electron chi connectivity index (χ2n) is 12.5. The Hall–Kier alpha value is -0.617. The number of allylic oxidation sites excluding steroid dienone is 2. The zero-order valence-corrected chi connectivity index (χ0v) is 27.4. The Morgan fingerprint density at radius 1 is 0.556 bits per heavy atom. The van der Waals surface area contributed by atoms with Crippen LogP contribution < -0.4 is 24.8 Å². The van der Waals surface area contributed by atoms with Crippen molar-refractivity contribution in [2.75, 3.05) is 0 Å². The summed E-state index contributed by atoms with van der Waals surface area (Å²) in [6.45, 7) is 19.1. The third kappa shape index (κ3) is 4.58. The molecule has 3 heteroatoms. The molecule has 0 amide bonds. The first-order valence-electron chi connectivity index (χ1n) is 13.9. The van der Waals surface area contributed by atoms with E-state index in [-0.39, 0.29) is 24.8 Å². The van der Waals surface area contributed by atoms with E-state index >= 15 is 0 Å². The molecule has 0 aromatic heterocycles. The number of rotatable bonds is 6. The van der Waals surface area contributed by atoms with Crippen LogP contribution in [0.4, 0.5) is 0 Å². The molecule has 2 atom stereocenters. The fourth-order valence-corrected chi connectivity index (χ4v) is 21.0. The van der Waals surface area contributed by atoms with Gasteiger partial charge in [0.2, 0.25) is 0 Å². The molecule has 36 heavy (non-hydrogen) atoms. The average Bonchev–Trinajstić information content (AvgIpc) is 3.37. The van der Waals surface area contributed by atoms with Gasteiger partial charge in [0.25, 0.3) is 0 Å². The molecule has 2 aromatic carbocycles. The second-order valence-corrected chi connectivity index (χ2v) is 24.1. The van der Waals surface area contributed by atoms with Crippen molar-refractivity contribution >= 4 is 12.2 Å². The predicted octanol–water partition coefficient (Wildman–Crippen LogP) is 4.42. The van der Waals surface area contributed by atoms with Gasteiger partial charge < -0.3 is 24.8 Å². The SMILES string of the molecule is CC(C)c1ccc(C(C)C)c2c1C=C[CH]2[Zr+2]1([CH]2C=Cc3c(C(C)C)ccc(C(C)C)c32)[CH2]C[CH2]1.[Cl-].[Cl-]. The van der Waals surface area contributed by atoms with E-state index in [4.69, 9.17) is 0 Å². The van der Waals surface area contributed by atoms with Crippen molar-refractivity contribution in [3.05, 3.63) is 80.9 Å². The van der Waals surface area contributed by atoms with E-state index in [2.05, 4.69) is 104 Å². The molecule has 0 nitrogen and oxygen atoms in total. The number of halogens is 2. The normalized spacial score (nSPS) is 20.1. The summed E-state index contributed by atoms with van der Waals surface area (Å²) < 4.78 is 4.56. The van der Waals surface area contributed by atoms with Gasteiger partial charge in [0, 0.05) is 0 Å². The smallest absolute Gasteiger partial charge is 1.00 e. The number of benzene rings is 2. The van der Waals surface area contributed by atoms with Crippen LogP contribution in [0.1, 0.15) is 137 Å². The molecule has 0 spiro atoms. The summed E-state index contributed by atoms with van der Waals surface area (Å²) in [4.78, 5) is 0. The first-order valence-corrected chi connectivity index (χ1v) is 20.2. The number of fused-ring (bicyclic) bond motifs is 2. The Bertz CT molecular complexity index is 1080. The number of hydrogen-bond acceptors (Lipinski definition) is 0. The Morgan fingerprint density at radius 3 is 1.17 bits per heavy atom. The molecule has 2 unspecified atom stereocenters. The summed E-state index contributed by atoms with van der Waals surface area (Å²) in [6.07, 6.45) is 11.9. The fourth-order valence-electron chi connectivity index (χ4n) is 7.36. The Kier molecular flexibility index (Phi) is 9.35. The molecular formula is C33H44Cl2Zr. The number of hydrogen-bond donors (Lipinski definition) is 0. The molecule has 194 valence electrons. The molecule has 0 radical (unpaired) electrons. The predicted molar refractivity (Wildman–Crippen MR) is 147 cm³/mol. The zero-order chi connectivity index (χ0) is 24.4. The molecule has 5 rings (SSSR count). The van der Waals surface area contributed by atoms with Gasteiger partial charge in [-0.05, 0) is 0 Å². The first-order chi connectivity index (χ1) is 16.2. The van der Waals surface area contributed by atoms with Gasteiger partial charge in [-0.2, -0.15) is 0 Å². The maximum Gasteiger partial charge on any atom is -1.00 e. The molecule has 0 bridgehead atoms. The van der Waals surface area contributed by atoms with Crippen molar-refractivity contribution in [3.63, 3.8) is 0 Å². The minimum Gasteiger partial charge on any atom is -1.00 e. The van der Waals surface area contributed by atoms with Crippen LogP contribution in [0.25, 0.3) is 12.2 Å². The monoisotopic (exact) mass is 600 g/mol. The maximum atomic E-state index is 2.70. The molecule has 1 aliphatic heterocycles. The van der Waals surface area contributed by atoms with E-state index in [9.17, 15) is 0 Å². The topological polar surface area (TPSA) is 0 Å². The molecular weight excluding hydrogens is 558 g/mol. The minimum absolute atomic E-state index is 0. The molecule has 1 saturated heterocycles. The van der Waals surface area contributed by atoms with E-state index in [1.165, 1.54) is 6.42 Å². The summed E-state index contributed by atoms with van der Waals surface area (Å²) >= 11 is -2.61. The quantitative estimate of drug-likeness (QED) is 0.460. The van der Waals surface area contributed by atoms with Crippen LogP contribution in [0.5, 0.6) is 0 Å². The van der Waals surface area contributed by atoms with Crippen molar-refractivity contribution in [2.45, 2.75) is 101 Å². The molecule has 3 aliphatic rings. The van der Waals surface area contributed by atoms with Crippen molar-refractivity contribution in [1.29, 1.82) is 0 Å². The summed E-state index contributed by atoms with van der Waals surface area (Å²) in [5, 5.41) is 0. The van der Waals surface area contributed by atoms with E-state index in [1.807, 2.05) is 0 Å². The van der Waals surface area contributed by atoms with E-state index in [1.54, 1.807) is 52.8 Å². The van der Waals surface area contributed by atoms with Crippen molar-refractivity contribution < 1.29 is 45.1 Å². The van der Waals surface area contributed by atoms with E-state index in [0.717, 1.165) is 7.25 Å². The Morgan fingerprint density at radius 2 is 0.889 bits per heavy atom. The van der Waals surface area contributed by atoms with Crippen LogP contribution in [-0.4, -0.2) is 0 Å². The van der Waals surface area contributed by atoms with Crippen LogP contribution in [0.2, 0.25) is 8.26 Å². The minimum atomic E-state index is -2.61. The van der Waals surface area contributed by atoms with Gasteiger partial charge in [0.1, 0.15) is 0 Å². The van der Waals surface area contributed by atoms with E-state index in [0.29, 0.717) is 23.7 Å². The molecule has 0 N–H and O–H groups in total. The van der Waals surface area contributed by atoms with E-state index < -0.39 is 20.3 Å². The van der Waals surface area contributed by atoms with Crippen LogP contribution in [0.15, 0.2) is 36.4 Å². The third-order valence-electron chi connectivity index (χ3n) is 9.25. The average molecular weight is 603 g/mol. The van der Waals surface area contributed by atoms with Gasteiger partial charge in [-0.1, -0.05) is 0 Å². The Labute approximate surface area is 237 Å². The van der Waals surface area contributed by atoms with Crippen LogP contribution >= 0.6 is 0 Å². The first kappa shape index (κ1) is 29.9. The van der Waals surface area contributed by atoms with Gasteiger partial charge >= 0.3 is 214 Å². The zero-order valence-electron chi connectivity index (χ0n) is 23.5. The summed E-state index contributed by atoms with van der Waals surface area (Å²) in [7, 11) is 0. The molecule has 0 saturated carbocycles. The summed E-state index contributed by atoms with van der Waals surface area (Å²) in [5.41, 5.74) is 13.1. The van der Waals surface area contributed by atoms with Gasteiger partial charge in [0.15, 0.2) is 0 Å². The molecule has 1 heterocycles. The van der Waals surface area contributed by atoms with Gasteiger partial charge in [-0.15, -0.1) is 0 Å². The van der Waals surface area contributed by atoms with Crippen LogP contribution in [0.3, 0.4) is 0 Å². The molecule has 1 fully saturated rings. The summed E-state index contributed by atoms with van der Waals surface area (Å²) in [5.74, 6) is 2.34. The van der Waals surface area contributed by atoms with Crippen LogP contribution in [-0.2, 0) is 20.3 Å². The maximum absolute atomic E-state index is 2.70. The van der Waals surface area contributed by atoms with Gasteiger partial charge in [-0.3, -0.25) is 0 Å². The van der Waals surface area contributed by atoms with Crippen molar-refractivity contribution in [1.82, 2.24) is 0 Å². The van der Waals surface area contributed by atoms with Gasteiger partial charge in [0.05, 0.1) is 0 Å². The van der Waals surface area contributed by atoms with Crippen molar-refractivity contribution in [2.24, 2.45) is 0 Å². The van der Waals surface area contributed by atoms with Crippen molar-refractivity contribution in [3.8, 4) is 0 Å².